The Labute approximate surface area is 135 Å². The Morgan fingerprint density at radius 1 is 1.33 bits per heavy atom. The molecule has 0 radical (unpaired) electrons. The lowest BCUT2D eigenvalue weighted by atomic mass is 10.4. The fraction of sp³-hybridized carbons (Fsp3) is 0.818. The van der Waals surface area contributed by atoms with Crippen LogP contribution < -0.4 is 0 Å². The first-order chi connectivity index (χ1) is 9.72. The van der Waals surface area contributed by atoms with Crippen molar-refractivity contribution in [1.82, 2.24) is 13.1 Å². The van der Waals surface area contributed by atoms with E-state index in [1.54, 1.807) is 14.0 Å². The second-order valence-corrected chi connectivity index (χ2v) is 11.1. The van der Waals surface area contributed by atoms with Gasteiger partial charge >= 0.3 is 12.7 Å². The van der Waals surface area contributed by atoms with Crippen molar-refractivity contribution in [3.8, 4) is 0 Å². The third-order valence-corrected chi connectivity index (χ3v) is 10.4. The molecule has 0 heterocycles. The lowest BCUT2D eigenvalue weighted by Crippen LogP contribution is -2.28. The monoisotopic (exact) mass is 357 g/mol. The van der Waals surface area contributed by atoms with Gasteiger partial charge in [-0.2, -0.15) is 4.08 Å². The van der Waals surface area contributed by atoms with Gasteiger partial charge in [-0.3, -0.25) is 14.0 Å². The zero-order valence-electron chi connectivity index (χ0n) is 13.3. The normalized spacial score (nSPS) is 15.2. The van der Waals surface area contributed by atoms with Crippen LogP contribution in [0, 0.1) is 0 Å². The molecule has 21 heavy (non-hydrogen) atoms. The van der Waals surface area contributed by atoms with Crippen molar-refractivity contribution in [3.05, 3.63) is 0 Å². The molecule has 124 valence electrons. The first kappa shape index (κ1) is 20.6. The highest BCUT2D eigenvalue weighted by Gasteiger charge is 2.37. The van der Waals surface area contributed by atoms with Gasteiger partial charge in [0.25, 0.3) is 0 Å². The van der Waals surface area contributed by atoms with Crippen LogP contribution in [0.1, 0.15) is 27.2 Å². The highest BCUT2D eigenvalue weighted by molar-refractivity contribution is 8.58. The van der Waals surface area contributed by atoms with Crippen LogP contribution in [0.5, 0.6) is 0 Å². The molecule has 2 amide bonds. The molecule has 0 aliphatic rings. The van der Waals surface area contributed by atoms with E-state index in [1.807, 2.05) is 13.8 Å². The van der Waals surface area contributed by atoms with Crippen LogP contribution in [0.25, 0.3) is 0 Å². The topological polar surface area (TPSA) is 70.2 Å². The number of nitrogens with zero attached hydrogens (tertiary/aromatic N) is 3. The number of amides is 2. The molecule has 0 spiro atoms. The van der Waals surface area contributed by atoms with Crippen molar-refractivity contribution in [2.75, 3.05) is 27.7 Å². The van der Waals surface area contributed by atoms with Crippen LogP contribution in [-0.2, 0) is 14.1 Å². The molecule has 10 heteroatoms. The van der Waals surface area contributed by atoms with Crippen molar-refractivity contribution >= 4 is 42.7 Å². The summed E-state index contributed by atoms with van der Waals surface area (Å²) < 4.78 is 21.8. The molecule has 0 N–H and O–H groups in total. The van der Waals surface area contributed by atoms with Gasteiger partial charge in [0.15, 0.2) is 0 Å². The number of ether oxygens (including phenoxy) is 1. The van der Waals surface area contributed by atoms with E-state index >= 15 is 0 Å². The van der Waals surface area contributed by atoms with Crippen molar-refractivity contribution in [2.45, 2.75) is 32.4 Å². The molecule has 0 saturated carbocycles. The SMILES string of the molecule is CCOC(=O)N(C)SN(C)P(=O)(SC(C)CC)N(C)C=O. The molecule has 0 aliphatic heterocycles. The van der Waals surface area contributed by atoms with Crippen LogP contribution in [0.4, 0.5) is 4.79 Å². The largest absolute Gasteiger partial charge is 0.449 e. The minimum Gasteiger partial charge on any atom is -0.449 e. The van der Waals surface area contributed by atoms with E-state index in [2.05, 4.69) is 0 Å². The maximum absolute atomic E-state index is 13.1. The second-order valence-electron chi connectivity index (χ2n) is 4.24. The molecule has 0 saturated heterocycles. The van der Waals surface area contributed by atoms with E-state index in [1.165, 1.54) is 33.9 Å². The Balaban J connectivity index is 5.04. The zero-order valence-corrected chi connectivity index (χ0v) is 15.8. The van der Waals surface area contributed by atoms with Gasteiger partial charge < -0.3 is 4.74 Å². The Kier molecular flexibility index (Phi) is 9.44. The number of hydrogen-bond donors (Lipinski definition) is 0. The Hall–Kier alpha value is -0.370. The van der Waals surface area contributed by atoms with Crippen molar-refractivity contribution in [1.29, 1.82) is 0 Å². The predicted octanol–water partition coefficient (Wildman–Crippen LogP) is 3.30. The lowest BCUT2D eigenvalue weighted by Gasteiger charge is -2.33. The van der Waals surface area contributed by atoms with Crippen LogP contribution >= 0.6 is 30.2 Å². The molecular weight excluding hydrogens is 333 g/mol. The Morgan fingerprint density at radius 3 is 2.33 bits per heavy atom. The van der Waals surface area contributed by atoms with Gasteiger partial charge in [-0.1, -0.05) is 25.2 Å². The lowest BCUT2D eigenvalue weighted by molar-refractivity contribution is -0.113. The average Bonchev–Trinajstić information content (AvgIpc) is 2.45. The van der Waals surface area contributed by atoms with Crippen LogP contribution in [0.3, 0.4) is 0 Å². The second kappa shape index (κ2) is 9.61. The van der Waals surface area contributed by atoms with E-state index in [4.69, 9.17) is 4.74 Å². The molecule has 2 atom stereocenters. The smallest absolute Gasteiger partial charge is 0.420 e. The summed E-state index contributed by atoms with van der Waals surface area (Å²) in [5.74, 6) is 0. The molecule has 0 rings (SSSR count). The van der Waals surface area contributed by atoms with Crippen LogP contribution in [-0.4, -0.2) is 58.6 Å². The number of rotatable bonds is 9. The maximum atomic E-state index is 13.1. The van der Waals surface area contributed by atoms with E-state index < -0.39 is 12.7 Å². The molecule has 0 aromatic rings. The van der Waals surface area contributed by atoms with Gasteiger partial charge in [0.05, 0.1) is 18.7 Å². The molecule has 0 aromatic heterocycles. The van der Waals surface area contributed by atoms with Crippen molar-refractivity contribution < 1.29 is 18.9 Å². The van der Waals surface area contributed by atoms with E-state index in [-0.39, 0.29) is 11.9 Å². The van der Waals surface area contributed by atoms with Crippen LogP contribution in [0.15, 0.2) is 0 Å². The zero-order chi connectivity index (χ0) is 16.6. The molecule has 0 fully saturated rings. The summed E-state index contributed by atoms with van der Waals surface area (Å²) in [6, 6.07) is 0. The molecule has 2 unspecified atom stereocenters. The quantitative estimate of drug-likeness (QED) is 0.356. The van der Waals surface area contributed by atoms with Crippen LogP contribution in [0.2, 0.25) is 0 Å². The van der Waals surface area contributed by atoms with Gasteiger partial charge in [0.1, 0.15) is 0 Å². The summed E-state index contributed by atoms with van der Waals surface area (Å²) in [7, 11) is 4.60. The van der Waals surface area contributed by atoms with Gasteiger partial charge in [0, 0.05) is 26.4 Å². The molecular formula is C11H24N3O4PS2. The van der Waals surface area contributed by atoms with E-state index in [9.17, 15) is 14.2 Å². The fourth-order valence-corrected chi connectivity index (χ4v) is 7.54. The highest BCUT2D eigenvalue weighted by atomic mass is 32.7. The molecule has 7 nitrogen and oxygen atoms in total. The summed E-state index contributed by atoms with van der Waals surface area (Å²) in [5, 5.41) is 0.120. The van der Waals surface area contributed by atoms with Crippen molar-refractivity contribution in [3.63, 3.8) is 0 Å². The molecule has 0 aliphatic carbocycles. The highest BCUT2D eigenvalue weighted by Crippen LogP contribution is 2.66. The van der Waals surface area contributed by atoms with Gasteiger partial charge in [-0.15, -0.1) is 0 Å². The Morgan fingerprint density at radius 2 is 1.90 bits per heavy atom. The predicted molar refractivity (Wildman–Crippen MR) is 88.9 cm³/mol. The van der Waals surface area contributed by atoms with Crippen molar-refractivity contribution in [2.24, 2.45) is 0 Å². The summed E-state index contributed by atoms with van der Waals surface area (Å²) in [6.45, 7) is 2.75. The molecule has 0 bridgehead atoms. The minimum absolute atomic E-state index is 0.120. The standard InChI is InChI=1S/C11H24N3O4PS2/c1-7-10(3)20-19(17,12(4)9-15)14(6)21-13(5)11(16)18-8-2/h9-10H,7-8H2,1-6H3. The number of carbonyl (C=O) groups excluding carboxylic acids is 2. The number of carbonyl (C=O) groups is 2. The third-order valence-electron chi connectivity index (χ3n) is 2.56. The first-order valence-corrected chi connectivity index (χ1v) is 10.3. The third kappa shape index (κ3) is 6.10. The minimum atomic E-state index is -3.16. The first-order valence-electron chi connectivity index (χ1n) is 6.52. The average molecular weight is 357 g/mol. The van der Waals surface area contributed by atoms with E-state index in [0.29, 0.717) is 6.41 Å². The fourth-order valence-electron chi connectivity index (χ4n) is 1.18. The number of hydrogen-bond acceptors (Lipinski definition) is 6. The summed E-state index contributed by atoms with van der Waals surface area (Å²) in [5.41, 5.74) is 0. The Bertz CT molecular complexity index is 400. The maximum Gasteiger partial charge on any atom is 0.420 e. The van der Waals surface area contributed by atoms with Gasteiger partial charge in [-0.25, -0.2) is 9.10 Å². The molecule has 0 aromatic carbocycles. The summed E-state index contributed by atoms with van der Waals surface area (Å²) in [4.78, 5) is 22.6. The van der Waals surface area contributed by atoms with E-state index in [0.717, 1.165) is 23.2 Å². The summed E-state index contributed by atoms with van der Waals surface area (Å²) >= 11 is 2.19. The summed E-state index contributed by atoms with van der Waals surface area (Å²) in [6.07, 6.45) is 0.841. The van der Waals surface area contributed by atoms with Gasteiger partial charge in [0.2, 0.25) is 6.41 Å². The van der Waals surface area contributed by atoms with Gasteiger partial charge in [-0.05, 0) is 13.3 Å².